The number of rotatable bonds is 3. The maximum Gasteiger partial charge on any atom is 0.427 e. The van der Waals surface area contributed by atoms with Crippen molar-refractivity contribution < 1.29 is 37.3 Å². The first-order valence-corrected chi connectivity index (χ1v) is 9.33. The summed E-state index contributed by atoms with van der Waals surface area (Å²) in [6, 6.07) is -0.0748. The number of aliphatic hydroxyl groups is 1. The molecule has 10 heteroatoms. The lowest BCUT2D eigenvalue weighted by molar-refractivity contribution is -0.215. The van der Waals surface area contributed by atoms with E-state index in [1.807, 2.05) is 20.8 Å². The number of alkyl halides is 3. The van der Waals surface area contributed by atoms with E-state index in [2.05, 4.69) is 4.74 Å². The van der Waals surface area contributed by atoms with Crippen LogP contribution >= 0.6 is 0 Å². The average molecular weight is 410 g/mol. The third kappa shape index (κ3) is 5.08. The third-order valence-corrected chi connectivity index (χ3v) is 5.41. The standard InChI is InChI=1S/C18H29F3N2O5/c1-16(2,3)14(25)22(4)12-9-17(27-11-12)5-7-23(8-6-17)15(26)28-13(10-24)18(19,20)21/h12-13,24H,5-11H2,1-4H3/t12-,13-/m1/s1. The van der Waals surface area contributed by atoms with Gasteiger partial charge in [-0.15, -0.1) is 0 Å². The van der Waals surface area contributed by atoms with Crippen molar-refractivity contribution in [2.24, 2.45) is 5.41 Å². The second-order valence-corrected chi connectivity index (χ2v) is 8.60. The Kier molecular flexibility index (Phi) is 6.54. The van der Waals surface area contributed by atoms with Crippen LogP contribution in [0.4, 0.5) is 18.0 Å². The van der Waals surface area contributed by atoms with Gasteiger partial charge >= 0.3 is 12.3 Å². The zero-order valence-electron chi connectivity index (χ0n) is 16.7. The molecule has 0 saturated carbocycles. The highest BCUT2D eigenvalue weighted by Crippen LogP contribution is 2.38. The molecule has 7 nitrogen and oxygen atoms in total. The largest absolute Gasteiger partial charge is 0.434 e. The molecule has 162 valence electrons. The molecule has 1 N–H and O–H groups in total. The number of piperidine rings is 1. The van der Waals surface area contributed by atoms with Crippen molar-refractivity contribution in [3.05, 3.63) is 0 Å². The van der Waals surface area contributed by atoms with Crippen molar-refractivity contribution in [3.63, 3.8) is 0 Å². The first-order valence-electron chi connectivity index (χ1n) is 9.33. The van der Waals surface area contributed by atoms with Crippen molar-refractivity contribution in [3.8, 4) is 0 Å². The van der Waals surface area contributed by atoms with E-state index in [-0.39, 0.29) is 25.0 Å². The van der Waals surface area contributed by atoms with Gasteiger partial charge < -0.3 is 24.4 Å². The summed E-state index contributed by atoms with van der Waals surface area (Å²) in [5, 5.41) is 8.79. The van der Waals surface area contributed by atoms with Crippen LogP contribution in [0, 0.1) is 5.41 Å². The lowest BCUT2D eigenvalue weighted by atomic mass is 9.86. The minimum absolute atomic E-state index is 0.0151. The second-order valence-electron chi connectivity index (χ2n) is 8.60. The molecular weight excluding hydrogens is 381 g/mol. The van der Waals surface area contributed by atoms with E-state index in [0.29, 0.717) is 25.9 Å². The van der Waals surface area contributed by atoms with E-state index in [1.54, 1.807) is 11.9 Å². The molecule has 2 heterocycles. The minimum atomic E-state index is -4.81. The molecule has 28 heavy (non-hydrogen) atoms. The Balaban J connectivity index is 1.90. The monoisotopic (exact) mass is 410 g/mol. The highest BCUT2D eigenvalue weighted by molar-refractivity contribution is 5.81. The van der Waals surface area contributed by atoms with Crippen LogP contribution in [-0.2, 0) is 14.3 Å². The fourth-order valence-electron chi connectivity index (χ4n) is 3.61. The molecule has 0 aromatic heterocycles. The Morgan fingerprint density at radius 2 is 1.86 bits per heavy atom. The van der Waals surface area contributed by atoms with Crippen LogP contribution < -0.4 is 0 Å². The van der Waals surface area contributed by atoms with Crippen LogP contribution in [-0.4, -0.2) is 84.2 Å². The van der Waals surface area contributed by atoms with Crippen LogP contribution in [0.15, 0.2) is 0 Å². The highest BCUT2D eigenvalue weighted by atomic mass is 19.4. The molecule has 2 saturated heterocycles. The highest BCUT2D eigenvalue weighted by Gasteiger charge is 2.47. The van der Waals surface area contributed by atoms with Gasteiger partial charge in [0.05, 0.1) is 24.9 Å². The summed E-state index contributed by atoms with van der Waals surface area (Å²) in [6.45, 7) is 5.01. The Morgan fingerprint density at radius 1 is 1.29 bits per heavy atom. The molecule has 0 aromatic carbocycles. The molecule has 0 unspecified atom stereocenters. The van der Waals surface area contributed by atoms with Crippen molar-refractivity contribution >= 4 is 12.0 Å². The predicted octanol–water partition coefficient (Wildman–Crippen LogP) is 2.17. The van der Waals surface area contributed by atoms with Crippen LogP contribution in [0.5, 0.6) is 0 Å². The van der Waals surface area contributed by atoms with Crippen LogP contribution in [0.1, 0.15) is 40.0 Å². The Bertz CT molecular complexity index is 583. The maximum absolute atomic E-state index is 12.6. The molecule has 0 aromatic rings. The number of likely N-dealkylation sites (tertiary alicyclic amines) is 1. The van der Waals surface area contributed by atoms with Crippen molar-refractivity contribution in [2.75, 3.05) is 33.4 Å². The molecule has 1 spiro atoms. The summed E-state index contributed by atoms with van der Waals surface area (Å²) in [4.78, 5) is 27.3. The summed E-state index contributed by atoms with van der Waals surface area (Å²) in [5.74, 6) is 0.0151. The van der Waals surface area contributed by atoms with E-state index in [0.717, 1.165) is 0 Å². The second kappa shape index (κ2) is 8.06. The summed E-state index contributed by atoms with van der Waals surface area (Å²) in [6.07, 6.45) is -6.91. The number of carbonyl (C=O) groups excluding carboxylic acids is 2. The molecule has 0 aliphatic carbocycles. The Labute approximate surface area is 162 Å². The molecule has 2 aliphatic heterocycles. The molecule has 2 amide bonds. The molecule has 2 fully saturated rings. The number of aliphatic hydroxyl groups excluding tert-OH is 1. The van der Waals surface area contributed by atoms with Gasteiger partial charge in [0.1, 0.15) is 0 Å². The number of hydrogen-bond acceptors (Lipinski definition) is 5. The lowest BCUT2D eigenvalue weighted by Gasteiger charge is -2.39. The average Bonchev–Trinajstić information content (AvgIpc) is 3.00. The number of hydrogen-bond donors (Lipinski definition) is 1. The summed E-state index contributed by atoms with van der Waals surface area (Å²) in [7, 11) is 1.75. The van der Waals surface area contributed by atoms with Crippen molar-refractivity contribution in [2.45, 2.75) is 64.0 Å². The van der Waals surface area contributed by atoms with E-state index in [9.17, 15) is 22.8 Å². The quantitative estimate of drug-likeness (QED) is 0.772. The zero-order valence-corrected chi connectivity index (χ0v) is 16.7. The molecule has 0 bridgehead atoms. The van der Waals surface area contributed by atoms with Crippen LogP contribution in [0.3, 0.4) is 0 Å². The van der Waals surface area contributed by atoms with Gasteiger partial charge in [-0.2, -0.15) is 13.2 Å². The van der Waals surface area contributed by atoms with Crippen LogP contribution in [0.2, 0.25) is 0 Å². The summed E-state index contributed by atoms with van der Waals surface area (Å²) >= 11 is 0. The van der Waals surface area contributed by atoms with Crippen molar-refractivity contribution in [1.82, 2.24) is 9.80 Å². The Hall–Kier alpha value is -1.55. The first-order chi connectivity index (χ1) is 12.8. The fraction of sp³-hybridized carbons (Fsp3) is 0.889. The maximum atomic E-state index is 12.6. The molecule has 0 radical (unpaired) electrons. The van der Waals surface area contributed by atoms with Gasteiger partial charge in [0, 0.05) is 25.6 Å². The minimum Gasteiger partial charge on any atom is -0.434 e. The topological polar surface area (TPSA) is 79.3 Å². The summed E-state index contributed by atoms with van der Waals surface area (Å²) < 4.78 is 48.3. The zero-order chi connectivity index (χ0) is 21.3. The third-order valence-electron chi connectivity index (χ3n) is 5.41. The smallest absolute Gasteiger partial charge is 0.427 e. The number of ether oxygens (including phenoxy) is 2. The van der Waals surface area contributed by atoms with Gasteiger partial charge in [-0.1, -0.05) is 20.8 Å². The van der Waals surface area contributed by atoms with Gasteiger partial charge in [0.15, 0.2) is 0 Å². The molecule has 2 rings (SSSR count). The number of nitrogens with zero attached hydrogens (tertiary/aromatic N) is 2. The van der Waals surface area contributed by atoms with E-state index in [1.165, 1.54) is 4.90 Å². The SMILES string of the molecule is CN(C(=O)C(C)(C)C)[C@H]1COC2(CCN(C(=O)O[C@H](CO)C(F)(F)F)CC2)C1. The van der Waals surface area contributed by atoms with Gasteiger partial charge in [-0.05, 0) is 19.3 Å². The normalized spacial score (nSPS) is 23.6. The molecule has 2 atom stereocenters. The van der Waals surface area contributed by atoms with E-state index >= 15 is 0 Å². The van der Waals surface area contributed by atoms with Gasteiger partial charge in [0.25, 0.3) is 0 Å². The molecular formula is C18H29F3N2O5. The number of likely N-dealkylation sites (N-methyl/N-ethyl adjacent to an activating group) is 1. The molecule has 2 aliphatic rings. The number of amides is 2. The first kappa shape index (κ1) is 22.7. The van der Waals surface area contributed by atoms with E-state index in [4.69, 9.17) is 9.84 Å². The van der Waals surface area contributed by atoms with Crippen LogP contribution in [0.25, 0.3) is 0 Å². The van der Waals surface area contributed by atoms with Gasteiger partial charge in [-0.25, -0.2) is 4.79 Å². The van der Waals surface area contributed by atoms with Crippen molar-refractivity contribution in [1.29, 1.82) is 0 Å². The lowest BCUT2D eigenvalue weighted by Crippen LogP contribution is -2.49. The van der Waals surface area contributed by atoms with Gasteiger partial charge in [0.2, 0.25) is 12.0 Å². The number of halogens is 3. The Morgan fingerprint density at radius 3 is 2.32 bits per heavy atom. The number of carbonyl (C=O) groups is 2. The van der Waals surface area contributed by atoms with E-state index < -0.39 is 36.0 Å². The predicted molar refractivity (Wildman–Crippen MR) is 93.5 cm³/mol. The fourth-order valence-corrected chi connectivity index (χ4v) is 3.61. The summed E-state index contributed by atoms with van der Waals surface area (Å²) in [5.41, 5.74) is -0.992. The van der Waals surface area contributed by atoms with Gasteiger partial charge in [-0.3, -0.25) is 4.79 Å².